The maximum Gasteiger partial charge on any atom is 0.230 e. The van der Waals surface area contributed by atoms with Gasteiger partial charge < -0.3 is 0 Å². The third-order valence-electron chi connectivity index (χ3n) is 4.44. The van der Waals surface area contributed by atoms with E-state index in [0.29, 0.717) is 19.3 Å². The molecule has 1 saturated heterocycles. The molecular weight excluding hydrogens is 254 g/mol. The van der Waals surface area contributed by atoms with Crippen LogP contribution in [0.3, 0.4) is 0 Å². The Kier molecular flexibility index (Phi) is 3.25. The Labute approximate surface area is 107 Å². The van der Waals surface area contributed by atoms with Crippen molar-refractivity contribution in [2.75, 3.05) is 6.26 Å². The van der Waals surface area contributed by atoms with Crippen LogP contribution in [0.5, 0.6) is 0 Å². The van der Waals surface area contributed by atoms with Crippen molar-refractivity contribution < 1.29 is 18.0 Å². The molecule has 0 aromatic heterocycles. The van der Waals surface area contributed by atoms with Crippen LogP contribution in [0.25, 0.3) is 0 Å². The highest BCUT2D eigenvalue weighted by Crippen LogP contribution is 2.52. The van der Waals surface area contributed by atoms with Crippen molar-refractivity contribution in [3.63, 3.8) is 0 Å². The largest absolute Gasteiger partial charge is 0.296 e. The molecule has 0 bridgehead atoms. The summed E-state index contributed by atoms with van der Waals surface area (Å²) in [6, 6.07) is 0. The molecule has 102 valence electrons. The van der Waals surface area contributed by atoms with E-state index in [2.05, 4.69) is 5.32 Å². The smallest absolute Gasteiger partial charge is 0.230 e. The highest BCUT2D eigenvalue weighted by Gasteiger charge is 2.57. The minimum Gasteiger partial charge on any atom is -0.296 e. The molecule has 1 aliphatic carbocycles. The summed E-state index contributed by atoms with van der Waals surface area (Å²) in [6.45, 7) is 1.87. The quantitative estimate of drug-likeness (QED) is 0.749. The first-order valence-corrected chi connectivity index (χ1v) is 8.29. The molecule has 1 spiro atoms. The van der Waals surface area contributed by atoms with E-state index in [1.165, 1.54) is 6.26 Å². The van der Waals surface area contributed by atoms with E-state index in [1.54, 1.807) is 0 Å². The molecule has 5 nitrogen and oxygen atoms in total. The summed E-state index contributed by atoms with van der Waals surface area (Å²) >= 11 is 0. The average molecular weight is 273 g/mol. The van der Waals surface area contributed by atoms with Crippen LogP contribution in [-0.4, -0.2) is 31.7 Å². The van der Waals surface area contributed by atoms with Gasteiger partial charge in [0, 0.05) is 24.0 Å². The number of rotatable bonds is 2. The van der Waals surface area contributed by atoms with Crippen LogP contribution in [-0.2, 0) is 19.4 Å². The first-order valence-electron chi connectivity index (χ1n) is 6.34. The Morgan fingerprint density at radius 3 is 2.61 bits per heavy atom. The van der Waals surface area contributed by atoms with Gasteiger partial charge in [-0.1, -0.05) is 13.3 Å². The van der Waals surface area contributed by atoms with Gasteiger partial charge in [0.1, 0.15) is 0 Å². The fraction of sp³-hybridized carbons (Fsp3) is 0.833. The van der Waals surface area contributed by atoms with Crippen LogP contribution < -0.4 is 5.32 Å². The van der Waals surface area contributed by atoms with Gasteiger partial charge in [-0.25, -0.2) is 8.42 Å². The lowest BCUT2D eigenvalue weighted by Gasteiger charge is -2.42. The lowest BCUT2D eigenvalue weighted by atomic mass is 9.67. The fourth-order valence-corrected chi connectivity index (χ4v) is 5.66. The van der Waals surface area contributed by atoms with Gasteiger partial charge in [0.2, 0.25) is 11.8 Å². The van der Waals surface area contributed by atoms with E-state index >= 15 is 0 Å². The number of nitrogens with one attached hydrogen (secondary N) is 1. The van der Waals surface area contributed by atoms with Crippen molar-refractivity contribution in [3.05, 3.63) is 0 Å². The van der Waals surface area contributed by atoms with E-state index in [1.807, 2.05) is 6.92 Å². The Balaban J connectivity index is 2.48. The lowest BCUT2D eigenvalue weighted by molar-refractivity contribution is -0.143. The minimum atomic E-state index is -3.23. The number of sulfone groups is 1. The van der Waals surface area contributed by atoms with Crippen LogP contribution in [0, 0.1) is 11.3 Å². The highest BCUT2D eigenvalue weighted by atomic mass is 32.2. The maximum atomic E-state index is 11.9. The molecule has 1 aliphatic heterocycles. The third kappa shape index (κ3) is 1.96. The third-order valence-corrected chi connectivity index (χ3v) is 6.18. The molecule has 3 unspecified atom stereocenters. The Morgan fingerprint density at radius 2 is 2.06 bits per heavy atom. The van der Waals surface area contributed by atoms with Crippen molar-refractivity contribution in [1.82, 2.24) is 5.32 Å². The molecule has 1 saturated carbocycles. The Hall–Kier alpha value is -0.910. The number of hydrogen-bond acceptors (Lipinski definition) is 4. The molecule has 1 N–H and O–H groups in total. The number of hydrogen-bond donors (Lipinski definition) is 1. The van der Waals surface area contributed by atoms with E-state index < -0.39 is 20.5 Å². The van der Waals surface area contributed by atoms with Crippen molar-refractivity contribution in [2.24, 2.45) is 11.3 Å². The molecule has 1 heterocycles. The highest BCUT2D eigenvalue weighted by molar-refractivity contribution is 7.91. The molecule has 0 aromatic carbocycles. The number of imide groups is 1. The Morgan fingerprint density at radius 1 is 1.39 bits per heavy atom. The molecule has 2 amide bonds. The van der Waals surface area contributed by atoms with Gasteiger partial charge >= 0.3 is 0 Å². The van der Waals surface area contributed by atoms with E-state index in [0.717, 1.165) is 6.42 Å². The van der Waals surface area contributed by atoms with Crippen LogP contribution in [0.15, 0.2) is 0 Å². The van der Waals surface area contributed by atoms with Crippen molar-refractivity contribution in [3.8, 4) is 0 Å². The molecule has 6 heteroatoms. The Bertz CT molecular complexity index is 484. The van der Waals surface area contributed by atoms with Gasteiger partial charge in [-0.05, 0) is 19.3 Å². The monoisotopic (exact) mass is 273 g/mol. The van der Waals surface area contributed by atoms with Crippen LogP contribution >= 0.6 is 0 Å². The van der Waals surface area contributed by atoms with Gasteiger partial charge in [0.25, 0.3) is 0 Å². The van der Waals surface area contributed by atoms with Crippen molar-refractivity contribution in [2.45, 2.75) is 44.3 Å². The SMILES string of the molecule is CCC1C(=O)NC(=O)CC12CCCC2S(C)(=O)=O. The molecule has 0 aromatic rings. The van der Waals surface area contributed by atoms with Crippen molar-refractivity contribution >= 4 is 21.7 Å². The molecular formula is C12H19NO4S. The van der Waals surface area contributed by atoms with E-state index in [4.69, 9.17) is 0 Å². The zero-order chi connectivity index (χ0) is 13.6. The van der Waals surface area contributed by atoms with Gasteiger partial charge in [-0.3, -0.25) is 14.9 Å². The predicted octanol–water partition coefficient (Wildman–Crippen LogP) is 0.643. The fourth-order valence-electron chi connectivity index (χ4n) is 3.85. The van der Waals surface area contributed by atoms with Gasteiger partial charge in [0.05, 0.1) is 5.25 Å². The molecule has 2 rings (SSSR count). The summed E-state index contributed by atoms with van der Waals surface area (Å²) in [5, 5.41) is 1.78. The molecule has 18 heavy (non-hydrogen) atoms. The van der Waals surface area contributed by atoms with E-state index in [-0.39, 0.29) is 24.2 Å². The van der Waals surface area contributed by atoms with Crippen LogP contribution in [0.4, 0.5) is 0 Å². The number of piperidine rings is 1. The first-order chi connectivity index (χ1) is 8.31. The minimum absolute atomic E-state index is 0.162. The second kappa shape index (κ2) is 4.33. The zero-order valence-corrected chi connectivity index (χ0v) is 11.5. The normalized spacial score (nSPS) is 37.0. The van der Waals surface area contributed by atoms with E-state index in [9.17, 15) is 18.0 Å². The number of amides is 2. The molecule has 2 fully saturated rings. The summed E-state index contributed by atoms with van der Waals surface area (Å²) < 4.78 is 23.9. The van der Waals surface area contributed by atoms with Gasteiger partial charge in [0.15, 0.2) is 9.84 Å². The van der Waals surface area contributed by atoms with Crippen LogP contribution in [0.2, 0.25) is 0 Å². The zero-order valence-electron chi connectivity index (χ0n) is 10.7. The summed E-state index contributed by atoms with van der Waals surface area (Å²) in [5.41, 5.74) is -0.665. The van der Waals surface area contributed by atoms with Crippen molar-refractivity contribution in [1.29, 1.82) is 0 Å². The van der Waals surface area contributed by atoms with Gasteiger partial charge in [-0.15, -0.1) is 0 Å². The lowest BCUT2D eigenvalue weighted by Crippen LogP contribution is -2.56. The second-order valence-corrected chi connectivity index (χ2v) is 7.72. The van der Waals surface area contributed by atoms with Gasteiger partial charge in [-0.2, -0.15) is 0 Å². The summed E-state index contributed by atoms with van der Waals surface area (Å²) in [6.07, 6.45) is 3.95. The topological polar surface area (TPSA) is 80.3 Å². The number of carbonyl (C=O) groups is 2. The molecule has 3 atom stereocenters. The summed E-state index contributed by atoms with van der Waals surface area (Å²) in [5.74, 6) is -0.998. The average Bonchev–Trinajstić information content (AvgIpc) is 2.60. The predicted molar refractivity (Wildman–Crippen MR) is 66.5 cm³/mol. The molecule has 0 radical (unpaired) electrons. The standard InChI is InChI=1S/C12H19NO4S/c1-3-8-11(15)13-10(14)7-12(8)6-4-5-9(12)18(2,16)17/h8-9H,3-7H2,1-2H3,(H,13,14,15). The number of carbonyl (C=O) groups excluding carboxylic acids is 2. The first kappa shape index (κ1) is 13.5. The maximum absolute atomic E-state index is 11.9. The molecule has 2 aliphatic rings. The summed E-state index contributed by atoms with van der Waals surface area (Å²) in [7, 11) is -3.23. The summed E-state index contributed by atoms with van der Waals surface area (Å²) in [4.78, 5) is 23.6. The van der Waals surface area contributed by atoms with Crippen LogP contribution in [0.1, 0.15) is 39.0 Å². The second-order valence-electron chi connectivity index (χ2n) is 5.49.